The van der Waals surface area contributed by atoms with Crippen molar-refractivity contribution >= 4 is 34.7 Å². The summed E-state index contributed by atoms with van der Waals surface area (Å²) in [6.45, 7) is 0. The molecule has 1 nitrogen and oxygen atoms in total. The molecule has 0 bridgehead atoms. The molecule has 4 heavy (non-hydrogen) atoms. The molecule has 0 aromatic rings. The van der Waals surface area contributed by atoms with Crippen LogP contribution in [0.1, 0.15) is 0 Å². The molecule has 0 atom stereocenters. The van der Waals surface area contributed by atoms with Crippen LogP contribution in [0.25, 0.3) is 0 Å². The minimum Gasteiger partial charge on any atom is -2.00 e. The summed E-state index contributed by atoms with van der Waals surface area (Å²) in [6.07, 6.45) is 0. The maximum Gasteiger partial charge on any atom is 5.00 e. The van der Waals surface area contributed by atoms with Gasteiger partial charge in [0.2, 0.25) is 0 Å². The van der Waals surface area contributed by atoms with Gasteiger partial charge in [0.25, 0.3) is 0 Å². The van der Waals surface area contributed by atoms with Crippen LogP contribution in [-0.4, -0.2) is 34.7 Å². The van der Waals surface area contributed by atoms with E-state index in [-0.39, 0.29) is 62.6 Å². The standard InChI is InChI=1S/2Al.O.Ta/q2*+3;-2;+5. The monoisotopic (exact) mass is 251 g/mol. The zero-order chi connectivity index (χ0) is 0. The Morgan fingerprint density at radius 1 is 0.750 bits per heavy atom. The fourth-order valence-electron chi connectivity index (χ4n) is 0. The molecule has 0 radical (unpaired) electrons. The molecule has 0 spiro atoms. The van der Waals surface area contributed by atoms with Crippen molar-refractivity contribution in [2.24, 2.45) is 0 Å². The first-order valence-corrected chi connectivity index (χ1v) is 0. The summed E-state index contributed by atoms with van der Waals surface area (Å²) in [5.41, 5.74) is 0. The van der Waals surface area contributed by atoms with Crippen molar-refractivity contribution in [2.45, 2.75) is 0 Å². The summed E-state index contributed by atoms with van der Waals surface area (Å²) in [5, 5.41) is 0. The largest absolute Gasteiger partial charge is 5.00 e. The van der Waals surface area contributed by atoms with E-state index in [4.69, 9.17) is 0 Å². The van der Waals surface area contributed by atoms with Gasteiger partial charge in [0, 0.05) is 0 Å². The molecule has 0 amide bonds. The third-order valence-corrected chi connectivity index (χ3v) is 0. The van der Waals surface area contributed by atoms with Gasteiger partial charge < -0.3 is 5.48 Å². The molecule has 4 heteroatoms. The second-order valence-electron chi connectivity index (χ2n) is 0. The molecule has 0 N–H and O–H groups in total. The SMILES string of the molecule is [Al+3].[Al+3].[O-2].[Ta+5]. The molecule has 0 aromatic carbocycles. The topological polar surface area (TPSA) is 28.5 Å². The summed E-state index contributed by atoms with van der Waals surface area (Å²) >= 11 is 0. The van der Waals surface area contributed by atoms with Crippen LogP contribution < -0.4 is 0 Å². The fraction of sp³-hybridized carbons (Fsp3) is 0. The van der Waals surface area contributed by atoms with Gasteiger partial charge in [-0.2, -0.15) is 0 Å². The van der Waals surface area contributed by atoms with Gasteiger partial charge in [-0.3, -0.25) is 0 Å². The van der Waals surface area contributed by atoms with E-state index in [1.165, 1.54) is 0 Å². The Labute approximate surface area is 62.2 Å². The molecular weight excluding hydrogens is 251 g/mol. The van der Waals surface area contributed by atoms with Crippen molar-refractivity contribution in [2.75, 3.05) is 0 Å². The number of rotatable bonds is 0. The van der Waals surface area contributed by atoms with Crippen molar-refractivity contribution in [3.63, 3.8) is 0 Å². The quantitative estimate of drug-likeness (QED) is 0.500. The second kappa shape index (κ2) is 21.7. The van der Waals surface area contributed by atoms with Crippen LogP contribution >= 0.6 is 0 Å². The average Bonchev–Trinajstić information content (AvgIpc) is 0. The normalized spacial score (nSPS) is 0. The fourth-order valence-corrected chi connectivity index (χ4v) is 0. The van der Waals surface area contributed by atoms with Crippen LogP contribution in [0, 0.1) is 0 Å². The molecule has 0 rings (SSSR count). The van der Waals surface area contributed by atoms with Crippen LogP contribution in [0.3, 0.4) is 0 Å². The maximum atomic E-state index is 0. The maximum absolute atomic E-state index is 0. The van der Waals surface area contributed by atoms with E-state index in [9.17, 15) is 0 Å². The van der Waals surface area contributed by atoms with Crippen LogP contribution in [-0.2, 0) is 27.9 Å². The van der Waals surface area contributed by atoms with Crippen molar-refractivity contribution < 1.29 is 27.9 Å². The molecule has 0 aliphatic rings. The molecule has 0 heterocycles. The van der Waals surface area contributed by atoms with E-state index in [1.54, 1.807) is 0 Å². The molecule has 0 aliphatic heterocycles. The molecule has 0 saturated carbocycles. The average molecular weight is 251 g/mol. The second-order valence-corrected chi connectivity index (χ2v) is 0. The molecule has 0 saturated heterocycles. The van der Waals surface area contributed by atoms with Gasteiger partial charge in [-0.15, -0.1) is 0 Å². The summed E-state index contributed by atoms with van der Waals surface area (Å²) in [6, 6.07) is 0. The van der Waals surface area contributed by atoms with Crippen LogP contribution in [0.5, 0.6) is 0 Å². The zero-order valence-electron chi connectivity index (χ0n) is 2.01. The van der Waals surface area contributed by atoms with Gasteiger partial charge in [0.05, 0.1) is 0 Å². The Balaban J connectivity index is 0. The van der Waals surface area contributed by atoms with E-state index >= 15 is 0 Å². The first-order valence-electron chi connectivity index (χ1n) is 0. The molecule has 0 unspecified atom stereocenters. The minimum atomic E-state index is 0. The zero-order valence-corrected chi connectivity index (χ0v) is 7.53. The van der Waals surface area contributed by atoms with Crippen LogP contribution in [0.2, 0.25) is 0 Å². The Morgan fingerprint density at radius 2 is 0.750 bits per heavy atom. The molecular formula is Al2OTa+9. The number of hydrogen-bond acceptors (Lipinski definition) is 0. The van der Waals surface area contributed by atoms with E-state index in [0.29, 0.717) is 0 Å². The Morgan fingerprint density at radius 3 is 0.750 bits per heavy atom. The summed E-state index contributed by atoms with van der Waals surface area (Å²) in [5.74, 6) is 0. The van der Waals surface area contributed by atoms with Gasteiger partial charge in [-0.05, 0) is 0 Å². The summed E-state index contributed by atoms with van der Waals surface area (Å²) < 4.78 is 0. The third kappa shape index (κ3) is 9.24. The van der Waals surface area contributed by atoms with E-state index < -0.39 is 0 Å². The molecule has 0 fully saturated rings. The predicted octanol–water partition coefficient (Wildman–Crippen LogP) is -0.883. The molecule has 0 aromatic heterocycles. The Bertz CT molecular complexity index is 6.00. The Hall–Kier alpha value is 1.77. The summed E-state index contributed by atoms with van der Waals surface area (Å²) in [4.78, 5) is 0. The Kier molecular flexibility index (Phi) is 228. The van der Waals surface area contributed by atoms with Gasteiger partial charge in [-0.25, -0.2) is 0 Å². The van der Waals surface area contributed by atoms with Gasteiger partial charge in [0.1, 0.15) is 0 Å². The smallest absolute Gasteiger partial charge is 2.00 e. The molecule has 8 valence electrons. The first kappa shape index (κ1) is 42.0. The van der Waals surface area contributed by atoms with Gasteiger partial charge >= 0.3 is 57.1 Å². The van der Waals surface area contributed by atoms with Crippen molar-refractivity contribution in [1.82, 2.24) is 0 Å². The molecule has 0 aliphatic carbocycles. The number of hydrogen-bond donors (Lipinski definition) is 0. The van der Waals surface area contributed by atoms with Crippen LogP contribution in [0.4, 0.5) is 0 Å². The van der Waals surface area contributed by atoms with Crippen molar-refractivity contribution in [1.29, 1.82) is 0 Å². The first-order chi connectivity index (χ1) is 0. The van der Waals surface area contributed by atoms with Gasteiger partial charge in [-0.1, -0.05) is 0 Å². The van der Waals surface area contributed by atoms with E-state index in [1.807, 2.05) is 0 Å². The van der Waals surface area contributed by atoms with E-state index in [2.05, 4.69) is 0 Å². The minimum absolute atomic E-state index is 0. The predicted molar refractivity (Wildman–Crippen MR) is 12.2 cm³/mol. The van der Waals surface area contributed by atoms with E-state index in [0.717, 1.165) is 0 Å². The summed E-state index contributed by atoms with van der Waals surface area (Å²) in [7, 11) is 0. The van der Waals surface area contributed by atoms with Crippen LogP contribution in [0.15, 0.2) is 0 Å². The van der Waals surface area contributed by atoms with Crippen molar-refractivity contribution in [3.8, 4) is 0 Å². The van der Waals surface area contributed by atoms with Gasteiger partial charge in [0.15, 0.2) is 0 Å². The third-order valence-electron chi connectivity index (χ3n) is 0. The van der Waals surface area contributed by atoms with Crippen molar-refractivity contribution in [3.05, 3.63) is 0 Å².